The molecule has 0 heterocycles. The minimum Gasteiger partial charge on any atom is -0.373 e. The lowest BCUT2D eigenvalue weighted by Gasteiger charge is -2.29. The van der Waals surface area contributed by atoms with Crippen molar-refractivity contribution < 1.29 is 18.4 Å². The van der Waals surface area contributed by atoms with Gasteiger partial charge in [0.15, 0.2) is 0 Å². The fourth-order valence-corrected chi connectivity index (χ4v) is 4.21. The van der Waals surface area contributed by atoms with E-state index < -0.39 is 8.80 Å². The molecule has 0 rings (SSSR count). The topological polar surface area (TPSA) is 47.6 Å². The van der Waals surface area contributed by atoms with E-state index in [9.17, 15) is 5.11 Å². The maximum atomic E-state index is 10.7. The number of rotatable bonds is 12. The molecule has 0 saturated heterocycles. The van der Waals surface area contributed by atoms with E-state index in [0.717, 1.165) is 19.3 Å². The highest BCUT2D eigenvalue weighted by atomic mass is 28.4. The maximum absolute atomic E-state index is 10.7. The van der Waals surface area contributed by atoms with Crippen molar-refractivity contribution in [1.82, 2.24) is 0 Å². The normalized spacial score (nSPS) is 12.0. The molecule has 0 atom stereocenters. The number of hydrogen-bond donors (Lipinski definition) is 0. The van der Waals surface area contributed by atoms with Crippen LogP contribution in [0.1, 0.15) is 46.5 Å². The van der Waals surface area contributed by atoms with Crippen LogP contribution in [0.2, 0.25) is 6.04 Å². The summed E-state index contributed by atoms with van der Waals surface area (Å²) in [4.78, 5) is 0. The van der Waals surface area contributed by atoms with E-state index in [1.54, 1.807) is 0 Å². The highest BCUT2D eigenvalue weighted by Crippen LogP contribution is 2.19. The van der Waals surface area contributed by atoms with Gasteiger partial charge in [-0.25, -0.2) is 5.11 Å². The summed E-state index contributed by atoms with van der Waals surface area (Å²) in [6.07, 6.45) is 3.40. The molecule has 0 unspecified atom stereocenters. The summed E-state index contributed by atoms with van der Waals surface area (Å²) in [6.45, 7) is 8.05. The van der Waals surface area contributed by atoms with E-state index >= 15 is 0 Å². The lowest BCUT2D eigenvalue weighted by molar-refractivity contribution is 0.0561. The minimum atomic E-state index is -2.58. The van der Waals surface area contributed by atoms with E-state index in [0.29, 0.717) is 32.3 Å². The van der Waals surface area contributed by atoms with Gasteiger partial charge in [-0.15, -0.1) is 0 Å². The first-order valence-electron chi connectivity index (χ1n) is 6.74. The van der Waals surface area contributed by atoms with Crippen LogP contribution in [0, 0.1) is 0 Å². The lowest BCUT2D eigenvalue weighted by Crippen LogP contribution is -2.46. The van der Waals surface area contributed by atoms with Crippen LogP contribution in [0.25, 0.3) is 0 Å². The third-order valence-electron chi connectivity index (χ3n) is 2.21. The summed E-state index contributed by atoms with van der Waals surface area (Å²) in [6, 6.07) is 0.649. The standard InChI is InChI=1S/C12H27O4Si/c1-4-9-14-17(12-7-8-13,15-10-5-2)16-11-6-3/h4-12H2,1-3H3. The van der Waals surface area contributed by atoms with Crippen LogP contribution in [0.4, 0.5) is 0 Å². The first-order valence-corrected chi connectivity index (χ1v) is 8.67. The second-order valence-electron chi connectivity index (χ2n) is 4.04. The summed E-state index contributed by atoms with van der Waals surface area (Å²) in [5, 5.41) is 10.7. The minimum absolute atomic E-state index is 0.0881. The first-order chi connectivity index (χ1) is 8.24. The van der Waals surface area contributed by atoms with Gasteiger partial charge in [-0.2, -0.15) is 0 Å². The second-order valence-corrected chi connectivity index (χ2v) is 6.77. The zero-order valence-electron chi connectivity index (χ0n) is 11.5. The molecule has 5 heteroatoms. The largest absolute Gasteiger partial charge is 0.501 e. The Morgan fingerprint density at radius 1 is 0.824 bits per heavy atom. The van der Waals surface area contributed by atoms with Gasteiger partial charge in [0, 0.05) is 25.9 Å². The molecule has 0 aliphatic heterocycles. The fourth-order valence-electron chi connectivity index (χ4n) is 1.40. The molecule has 0 aromatic carbocycles. The van der Waals surface area contributed by atoms with Gasteiger partial charge in [0.1, 0.15) is 0 Å². The van der Waals surface area contributed by atoms with Crippen LogP contribution in [-0.2, 0) is 18.4 Å². The van der Waals surface area contributed by atoms with Crippen molar-refractivity contribution in [3.63, 3.8) is 0 Å². The van der Waals surface area contributed by atoms with Crippen LogP contribution in [0.5, 0.6) is 0 Å². The van der Waals surface area contributed by atoms with Gasteiger partial charge in [-0.3, -0.25) is 0 Å². The average Bonchev–Trinajstić information content (AvgIpc) is 2.37. The molecule has 0 amide bonds. The molecule has 0 aromatic rings. The van der Waals surface area contributed by atoms with E-state index in [-0.39, 0.29) is 6.61 Å². The SMILES string of the molecule is CCCO[Si](CCC[O])(OCCC)OCCC. The fraction of sp³-hybridized carbons (Fsp3) is 1.00. The van der Waals surface area contributed by atoms with Crippen molar-refractivity contribution in [2.75, 3.05) is 26.4 Å². The monoisotopic (exact) mass is 263 g/mol. The van der Waals surface area contributed by atoms with Gasteiger partial charge in [0.05, 0.1) is 6.61 Å². The zero-order valence-corrected chi connectivity index (χ0v) is 12.5. The van der Waals surface area contributed by atoms with Gasteiger partial charge in [-0.05, 0) is 25.7 Å². The molecule has 103 valence electrons. The molecule has 0 N–H and O–H groups in total. The highest BCUT2D eigenvalue weighted by molar-refractivity contribution is 6.60. The molecule has 0 aliphatic rings. The maximum Gasteiger partial charge on any atom is 0.501 e. The van der Waals surface area contributed by atoms with Crippen molar-refractivity contribution >= 4 is 8.80 Å². The Bertz CT molecular complexity index is 129. The van der Waals surface area contributed by atoms with Crippen molar-refractivity contribution in [3.05, 3.63) is 0 Å². The molecule has 0 fully saturated rings. The molecule has 17 heavy (non-hydrogen) atoms. The predicted octanol–water partition coefficient (Wildman–Crippen LogP) is 3.03. The van der Waals surface area contributed by atoms with E-state index in [2.05, 4.69) is 20.8 Å². The van der Waals surface area contributed by atoms with E-state index in [4.69, 9.17) is 13.3 Å². The molecular weight excluding hydrogens is 236 g/mol. The lowest BCUT2D eigenvalue weighted by atomic mass is 10.5. The van der Waals surface area contributed by atoms with Gasteiger partial charge >= 0.3 is 8.80 Å². The van der Waals surface area contributed by atoms with Crippen molar-refractivity contribution in [1.29, 1.82) is 0 Å². The Hall–Kier alpha value is 0.0569. The summed E-state index contributed by atoms with van der Waals surface area (Å²) < 4.78 is 17.5. The molecule has 0 aliphatic carbocycles. The Morgan fingerprint density at radius 3 is 1.53 bits per heavy atom. The van der Waals surface area contributed by atoms with Crippen molar-refractivity contribution in [2.45, 2.75) is 52.5 Å². The van der Waals surface area contributed by atoms with Gasteiger partial charge in [0.25, 0.3) is 0 Å². The Morgan fingerprint density at radius 2 is 1.24 bits per heavy atom. The van der Waals surface area contributed by atoms with E-state index in [1.165, 1.54) is 0 Å². The number of hydrogen-bond acceptors (Lipinski definition) is 3. The molecular formula is C12H27O4Si. The summed E-state index contributed by atoms with van der Waals surface area (Å²) in [5.41, 5.74) is 0. The second kappa shape index (κ2) is 11.2. The van der Waals surface area contributed by atoms with Crippen LogP contribution in [-0.4, -0.2) is 35.2 Å². The van der Waals surface area contributed by atoms with E-state index in [1.807, 2.05) is 0 Å². The average molecular weight is 263 g/mol. The molecule has 0 aromatic heterocycles. The quantitative estimate of drug-likeness (QED) is 0.508. The van der Waals surface area contributed by atoms with Gasteiger partial charge in [-0.1, -0.05) is 20.8 Å². The molecule has 0 saturated carbocycles. The smallest absolute Gasteiger partial charge is 0.373 e. The van der Waals surface area contributed by atoms with Crippen LogP contribution < -0.4 is 0 Å². The van der Waals surface area contributed by atoms with Crippen molar-refractivity contribution in [3.8, 4) is 0 Å². The van der Waals surface area contributed by atoms with Gasteiger partial charge in [0.2, 0.25) is 0 Å². The van der Waals surface area contributed by atoms with Crippen LogP contribution in [0.15, 0.2) is 0 Å². The van der Waals surface area contributed by atoms with Crippen LogP contribution >= 0.6 is 0 Å². The molecule has 0 spiro atoms. The third kappa shape index (κ3) is 7.89. The molecule has 4 nitrogen and oxygen atoms in total. The summed E-state index contributed by atoms with van der Waals surface area (Å²) >= 11 is 0. The molecule has 1 radical (unpaired) electrons. The third-order valence-corrected chi connectivity index (χ3v) is 5.10. The summed E-state index contributed by atoms with van der Waals surface area (Å²) in [7, 11) is -2.58. The Labute approximate surface area is 107 Å². The van der Waals surface area contributed by atoms with Crippen LogP contribution in [0.3, 0.4) is 0 Å². The van der Waals surface area contributed by atoms with Gasteiger partial charge < -0.3 is 13.3 Å². The Balaban J connectivity index is 4.39. The Kier molecular flexibility index (Phi) is 11.2. The summed E-state index contributed by atoms with van der Waals surface area (Å²) in [5.74, 6) is 0. The predicted molar refractivity (Wildman–Crippen MR) is 69.5 cm³/mol. The molecule has 0 bridgehead atoms. The zero-order chi connectivity index (χ0) is 13.0. The highest BCUT2D eigenvalue weighted by Gasteiger charge is 2.40. The first kappa shape index (κ1) is 17.1. The van der Waals surface area contributed by atoms with Crippen molar-refractivity contribution in [2.24, 2.45) is 0 Å².